The molecule has 0 aromatic carbocycles. The maximum atomic E-state index is 13.2. The molecule has 11 nitrogen and oxygen atoms in total. The van der Waals surface area contributed by atoms with Crippen molar-refractivity contribution in [1.82, 2.24) is 20.2 Å². The molecule has 12 heteroatoms. The van der Waals surface area contributed by atoms with E-state index in [0.717, 1.165) is 25.8 Å². The molecule has 1 aliphatic rings. The van der Waals surface area contributed by atoms with Gasteiger partial charge in [0.15, 0.2) is 5.58 Å². The number of nitrogens with one attached hydrogen (secondary N) is 3. The number of amides is 3. The molecule has 3 amide bonds. The largest absolute Gasteiger partial charge is 0.465 e. The number of carboxylic acid groups (broad SMARTS) is 1. The van der Waals surface area contributed by atoms with Gasteiger partial charge in [0.2, 0.25) is 11.7 Å². The molecule has 1 aliphatic carbocycles. The van der Waals surface area contributed by atoms with Crippen molar-refractivity contribution in [2.24, 2.45) is 5.92 Å². The van der Waals surface area contributed by atoms with E-state index in [2.05, 4.69) is 30.8 Å². The normalized spacial score (nSPS) is 17.5. The molecule has 4 N–H and O–H groups in total. The van der Waals surface area contributed by atoms with Crippen LogP contribution in [0.3, 0.4) is 0 Å². The molecule has 3 aromatic heterocycles. The second-order valence-electron chi connectivity index (χ2n) is 9.03. The fourth-order valence-corrected chi connectivity index (χ4v) is 4.65. The molecular formula is C25H29ClN6O5. The lowest BCUT2D eigenvalue weighted by molar-refractivity contribution is -0.121. The summed E-state index contributed by atoms with van der Waals surface area (Å²) in [4.78, 5) is 47.4. The number of carbonyl (C=O) groups excluding carboxylic acids is 2. The predicted molar refractivity (Wildman–Crippen MR) is 139 cm³/mol. The summed E-state index contributed by atoms with van der Waals surface area (Å²) in [5.41, 5.74) is 1.01. The van der Waals surface area contributed by atoms with Crippen LogP contribution in [0, 0.1) is 5.92 Å². The van der Waals surface area contributed by atoms with Crippen LogP contribution in [-0.4, -0.2) is 64.1 Å². The monoisotopic (exact) mass is 528 g/mol. The van der Waals surface area contributed by atoms with Gasteiger partial charge in [0.1, 0.15) is 17.0 Å². The molecule has 3 heterocycles. The number of hydrogen-bond acceptors (Lipinski definition) is 7. The van der Waals surface area contributed by atoms with Crippen LogP contribution in [0.15, 0.2) is 41.1 Å². The first-order valence-electron chi connectivity index (χ1n) is 12.1. The first-order chi connectivity index (χ1) is 17.8. The number of halogens is 1. The van der Waals surface area contributed by atoms with E-state index in [4.69, 9.17) is 21.1 Å². The molecule has 1 fully saturated rings. The Hall–Kier alpha value is -3.70. The number of carbonyl (C=O) groups is 3. The molecular weight excluding hydrogens is 500 g/mol. The highest BCUT2D eigenvalue weighted by atomic mass is 35.5. The molecule has 196 valence electrons. The second-order valence-corrected chi connectivity index (χ2v) is 9.47. The highest BCUT2D eigenvalue weighted by Crippen LogP contribution is 2.33. The van der Waals surface area contributed by atoms with E-state index < -0.39 is 12.0 Å². The van der Waals surface area contributed by atoms with Gasteiger partial charge < -0.3 is 30.4 Å². The topological polar surface area (TPSA) is 150 Å². The number of fused-ring (bicyclic) bond motifs is 1. The molecule has 1 saturated carbocycles. The highest BCUT2D eigenvalue weighted by Gasteiger charge is 2.30. The second kappa shape index (κ2) is 12.0. The first-order valence-corrected chi connectivity index (χ1v) is 12.5. The highest BCUT2D eigenvalue weighted by molar-refractivity contribution is 6.30. The van der Waals surface area contributed by atoms with Crippen molar-refractivity contribution in [2.75, 3.05) is 30.8 Å². The maximum Gasteiger partial charge on any atom is 0.404 e. The summed E-state index contributed by atoms with van der Waals surface area (Å²) in [5, 5.41) is 17.1. The lowest BCUT2D eigenvalue weighted by Gasteiger charge is -2.34. The number of pyridine rings is 2. The van der Waals surface area contributed by atoms with Gasteiger partial charge in [0.25, 0.3) is 5.91 Å². The van der Waals surface area contributed by atoms with Crippen LogP contribution in [0.1, 0.15) is 42.7 Å². The van der Waals surface area contributed by atoms with Gasteiger partial charge in [-0.1, -0.05) is 11.6 Å². The van der Waals surface area contributed by atoms with Gasteiger partial charge in [0.05, 0.1) is 5.02 Å². The molecule has 0 bridgehead atoms. The first kappa shape index (κ1) is 26.4. The molecule has 0 atom stereocenters. The quantitative estimate of drug-likeness (QED) is 0.301. The molecule has 0 unspecified atom stereocenters. The number of hydrogen-bond donors (Lipinski definition) is 4. The van der Waals surface area contributed by atoms with E-state index in [-0.39, 0.29) is 23.3 Å². The van der Waals surface area contributed by atoms with Gasteiger partial charge in [-0.15, -0.1) is 0 Å². The van der Waals surface area contributed by atoms with Gasteiger partial charge >= 0.3 is 6.09 Å². The lowest BCUT2D eigenvalue weighted by atomic mass is 9.84. The van der Waals surface area contributed by atoms with Crippen LogP contribution in [0.5, 0.6) is 0 Å². The van der Waals surface area contributed by atoms with E-state index in [1.165, 1.54) is 6.20 Å². The van der Waals surface area contributed by atoms with Crippen molar-refractivity contribution in [3.63, 3.8) is 0 Å². The van der Waals surface area contributed by atoms with Gasteiger partial charge in [0, 0.05) is 30.9 Å². The maximum absolute atomic E-state index is 13.2. The minimum atomic E-state index is -1.02. The van der Waals surface area contributed by atoms with E-state index in [1.54, 1.807) is 30.5 Å². The minimum Gasteiger partial charge on any atom is -0.465 e. The number of furan rings is 1. The summed E-state index contributed by atoms with van der Waals surface area (Å²) in [7, 11) is 2.02. The third kappa shape index (κ3) is 6.75. The molecule has 3 aromatic rings. The zero-order valence-corrected chi connectivity index (χ0v) is 21.1. The Morgan fingerprint density at radius 1 is 1.14 bits per heavy atom. The van der Waals surface area contributed by atoms with Crippen LogP contribution in [0.25, 0.3) is 11.1 Å². The molecule has 0 aliphatic heterocycles. The third-order valence-corrected chi connectivity index (χ3v) is 6.75. The Kier molecular flexibility index (Phi) is 8.57. The summed E-state index contributed by atoms with van der Waals surface area (Å²) >= 11 is 5.87. The molecule has 0 saturated heterocycles. The SMILES string of the molecule is CN(CCCNC(=O)O)[C@H]1CC[C@H](C(=O)Nc2c(C(=O)Nc3ccc(Cl)cn3)oc3cccnc23)CC1. The third-order valence-electron chi connectivity index (χ3n) is 6.52. The Bertz CT molecular complexity index is 1260. The van der Waals surface area contributed by atoms with Crippen molar-refractivity contribution >= 4 is 52.1 Å². The predicted octanol–water partition coefficient (Wildman–Crippen LogP) is 4.22. The fraction of sp³-hybridized carbons (Fsp3) is 0.400. The molecule has 0 spiro atoms. The van der Waals surface area contributed by atoms with Crippen LogP contribution < -0.4 is 16.0 Å². The zero-order chi connectivity index (χ0) is 26.4. The van der Waals surface area contributed by atoms with Crippen molar-refractivity contribution in [3.8, 4) is 0 Å². The lowest BCUT2D eigenvalue weighted by Crippen LogP contribution is -2.39. The van der Waals surface area contributed by atoms with Crippen molar-refractivity contribution in [2.45, 2.75) is 38.1 Å². The Morgan fingerprint density at radius 2 is 1.92 bits per heavy atom. The Labute approximate surface area is 218 Å². The summed E-state index contributed by atoms with van der Waals surface area (Å²) in [6.07, 6.45) is 5.80. The smallest absolute Gasteiger partial charge is 0.404 e. The summed E-state index contributed by atoms with van der Waals surface area (Å²) in [5.74, 6) is -0.714. The van der Waals surface area contributed by atoms with Gasteiger partial charge in [-0.25, -0.2) is 9.78 Å². The standard InChI is InChI=1S/C25H29ClN6O5/c1-32(13-3-12-28-25(35)36)17-8-5-15(6-9-17)23(33)31-21-20-18(4-2-11-27-20)37-22(21)24(34)30-19-10-7-16(26)14-29-19/h2,4,7,10-11,14-15,17,28H,3,5-6,8-9,12-13H2,1H3,(H,31,33)(H,35,36)(H,29,30,34)/t15-,17-. The van der Waals surface area contributed by atoms with Crippen molar-refractivity contribution < 1.29 is 23.9 Å². The van der Waals surface area contributed by atoms with Crippen LogP contribution in [0.4, 0.5) is 16.3 Å². The Balaban J connectivity index is 1.39. The number of aromatic nitrogens is 2. The van der Waals surface area contributed by atoms with E-state index >= 15 is 0 Å². The van der Waals surface area contributed by atoms with Crippen molar-refractivity contribution in [3.05, 3.63) is 47.4 Å². The van der Waals surface area contributed by atoms with Crippen LogP contribution in [-0.2, 0) is 4.79 Å². The number of nitrogens with zero attached hydrogens (tertiary/aromatic N) is 3. The number of rotatable bonds is 9. The van der Waals surface area contributed by atoms with E-state index in [0.29, 0.717) is 47.4 Å². The Morgan fingerprint density at radius 3 is 2.62 bits per heavy atom. The van der Waals surface area contributed by atoms with Crippen LogP contribution >= 0.6 is 11.6 Å². The average Bonchev–Trinajstić information content (AvgIpc) is 3.26. The van der Waals surface area contributed by atoms with Crippen molar-refractivity contribution in [1.29, 1.82) is 0 Å². The van der Waals surface area contributed by atoms with E-state index in [1.807, 2.05) is 7.05 Å². The summed E-state index contributed by atoms with van der Waals surface area (Å²) < 4.78 is 5.76. The summed E-state index contributed by atoms with van der Waals surface area (Å²) in [6, 6.07) is 6.88. The molecule has 4 rings (SSSR count). The number of anilines is 2. The minimum absolute atomic E-state index is 0.0535. The van der Waals surface area contributed by atoms with E-state index in [9.17, 15) is 14.4 Å². The van der Waals surface area contributed by atoms with Gasteiger partial charge in [-0.3, -0.25) is 14.6 Å². The zero-order valence-electron chi connectivity index (χ0n) is 20.4. The average molecular weight is 529 g/mol. The molecule has 0 radical (unpaired) electrons. The summed E-state index contributed by atoms with van der Waals surface area (Å²) in [6.45, 7) is 1.18. The fourth-order valence-electron chi connectivity index (χ4n) is 4.54. The van der Waals surface area contributed by atoms with Crippen LogP contribution in [0.2, 0.25) is 5.02 Å². The van der Waals surface area contributed by atoms with Gasteiger partial charge in [-0.2, -0.15) is 0 Å². The van der Waals surface area contributed by atoms with Gasteiger partial charge in [-0.05, 0) is 70.0 Å². The molecule has 37 heavy (non-hydrogen) atoms.